The number of aryl methyl sites for hydroxylation is 2. The molecule has 0 N–H and O–H groups in total. The third-order valence-corrected chi connectivity index (χ3v) is 3.40. The van der Waals surface area contributed by atoms with Crippen LogP contribution in [0.15, 0.2) is 6.20 Å². The van der Waals surface area contributed by atoms with Crippen molar-refractivity contribution in [1.82, 2.24) is 14.7 Å². The van der Waals surface area contributed by atoms with Crippen LogP contribution in [0.2, 0.25) is 0 Å². The first-order chi connectivity index (χ1) is 7.97. The molecule has 0 aromatic carbocycles. The van der Waals surface area contributed by atoms with Gasteiger partial charge in [0.2, 0.25) is 0 Å². The van der Waals surface area contributed by atoms with E-state index in [0.29, 0.717) is 11.8 Å². The Balaban J connectivity index is 2.17. The van der Waals surface area contributed by atoms with Crippen LogP contribution in [-0.2, 0) is 7.05 Å². The van der Waals surface area contributed by atoms with Crippen LogP contribution in [0, 0.1) is 18.8 Å². The predicted molar refractivity (Wildman–Crippen MR) is 66.8 cm³/mol. The van der Waals surface area contributed by atoms with E-state index < -0.39 is 0 Å². The largest absolute Gasteiger partial charge is 0.338 e. The monoisotopic (exact) mass is 235 g/mol. The van der Waals surface area contributed by atoms with E-state index >= 15 is 0 Å². The quantitative estimate of drug-likeness (QED) is 0.745. The van der Waals surface area contributed by atoms with Gasteiger partial charge in [-0.2, -0.15) is 5.10 Å². The first kappa shape index (κ1) is 12.1. The second-order valence-corrected chi connectivity index (χ2v) is 5.46. The zero-order chi connectivity index (χ0) is 12.6. The second kappa shape index (κ2) is 4.51. The van der Waals surface area contributed by atoms with Crippen molar-refractivity contribution in [2.75, 3.05) is 13.1 Å². The molecule has 0 radical (unpaired) electrons. The van der Waals surface area contributed by atoms with E-state index in [4.69, 9.17) is 0 Å². The number of nitrogens with zero attached hydrogens (tertiary/aromatic N) is 3. The van der Waals surface area contributed by atoms with Gasteiger partial charge in [-0.25, -0.2) is 0 Å². The van der Waals surface area contributed by atoms with Gasteiger partial charge in [0.15, 0.2) is 0 Å². The summed E-state index contributed by atoms with van der Waals surface area (Å²) in [7, 11) is 1.85. The van der Waals surface area contributed by atoms with Gasteiger partial charge in [-0.3, -0.25) is 9.48 Å². The van der Waals surface area contributed by atoms with E-state index in [2.05, 4.69) is 18.9 Å². The molecule has 2 unspecified atom stereocenters. The van der Waals surface area contributed by atoms with Crippen molar-refractivity contribution in [2.45, 2.75) is 27.2 Å². The van der Waals surface area contributed by atoms with Gasteiger partial charge in [0, 0.05) is 26.3 Å². The highest BCUT2D eigenvalue weighted by atomic mass is 16.2. The lowest BCUT2D eigenvalue weighted by Crippen LogP contribution is -2.42. The van der Waals surface area contributed by atoms with Gasteiger partial charge in [-0.05, 0) is 25.2 Å². The van der Waals surface area contributed by atoms with Gasteiger partial charge in [0.05, 0.1) is 11.3 Å². The zero-order valence-electron chi connectivity index (χ0n) is 11.1. The van der Waals surface area contributed by atoms with Crippen LogP contribution in [0.25, 0.3) is 0 Å². The minimum absolute atomic E-state index is 0.133. The number of piperidine rings is 1. The molecule has 2 rings (SSSR count). The Morgan fingerprint density at radius 1 is 1.35 bits per heavy atom. The van der Waals surface area contributed by atoms with Crippen molar-refractivity contribution >= 4 is 5.91 Å². The van der Waals surface area contributed by atoms with Crippen LogP contribution < -0.4 is 0 Å². The maximum absolute atomic E-state index is 12.4. The number of amides is 1. The second-order valence-electron chi connectivity index (χ2n) is 5.46. The topological polar surface area (TPSA) is 38.1 Å². The van der Waals surface area contributed by atoms with Gasteiger partial charge >= 0.3 is 0 Å². The molecule has 1 aromatic rings. The Bertz CT molecular complexity index is 414. The average Bonchev–Trinajstić information content (AvgIpc) is 2.55. The molecule has 1 amide bonds. The summed E-state index contributed by atoms with van der Waals surface area (Å²) in [4.78, 5) is 14.4. The zero-order valence-corrected chi connectivity index (χ0v) is 11.1. The summed E-state index contributed by atoms with van der Waals surface area (Å²) < 4.78 is 1.71. The van der Waals surface area contributed by atoms with E-state index in [1.54, 1.807) is 4.68 Å². The van der Waals surface area contributed by atoms with Crippen LogP contribution in [0.4, 0.5) is 0 Å². The van der Waals surface area contributed by atoms with Gasteiger partial charge in [-0.1, -0.05) is 13.8 Å². The van der Waals surface area contributed by atoms with E-state index in [0.717, 1.165) is 24.3 Å². The number of rotatable bonds is 1. The molecule has 1 saturated heterocycles. The molecule has 0 aliphatic carbocycles. The fraction of sp³-hybridized carbons (Fsp3) is 0.692. The normalized spacial score (nSPS) is 25.1. The Morgan fingerprint density at radius 3 is 2.41 bits per heavy atom. The van der Waals surface area contributed by atoms with E-state index in [1.165, 1.54) is 6.42 Å². The van der Waals surface area contributed by atoms with Gasteiger partial charge in [0.1, 0.15) is 0 Å². The van der Waals surface area contributed by atoms with Crippen LogP contribution in [0.1, 0.15) is 36.3 Å². The van der Waals surface area contributed by atoms with Gasteiger partial charge < -0.3 is 4.90 Å². The van der Waals surface area contributed by atoms with Crippen LogP contribution in [-0.4, -0.2) is 33.7 Å². The third-order valence-electron chi connectivity index (χ3n) is 3.40. The smallest absolute Gasteiger partial charge is 0.257 e. The molecule has 1 fully saturated rings. The number of hydrogen-bond acceptors (Lipinski definition) is 2. The molecular formula is C13H21N3O. The SMILES string of the molecule is Cc1nn(C)cc1C(=O)N1CC(C)CC(C)C1. The highest BCUT2D eigenvalue weighted by molar-refractivity contribution is 5.95. The van der Waals surface area contributed by atoms with Crippen LogP contribution in [0.5, 0.6) is 0 Å². The number of hydrogen-bond donors (Lipinski definition) is 0. The summed E-state index contributed by atoms with van der Waals surface area (Å²) in [5.74, 6) is 1.33. The minimum Gasteiger partial charge on any atom is -0.338 e. The molecule has 94 valence electrons. The van der Waals surface area contributed by atoms with Crippen molar-refractivity contribution in [3.63, 3.8) is 0 Å². The first-order valence-corrected chi connectivity index (χ1v) is 6.27. The van der Waals surface area contributed by atoms with Crippen molar-refractivity contribution in [2.24, 2.45) is 18.9 Å². The van der Waals surface area contributed by atoms with Crippen LogP contribution >= 0.6 is 0 Å². The molecule has 1 aliphatic rings. The summed E-state index contributed by atoms with van der Waals surface area (Å²) in [5.41, 5.74) is 1.57. The molecule has 0 spiro atoms. The molecule has 0 bridgehead atoms. The van der Waals surface area contributed by atoms with E-state index in [-0.39, 0.29) is 5.91 Å². The molecule has 4 nitrogen and oxygen atoms in total. The number of carbonyl (C=O) groups excluding carboxylic acids is 1. The fourth-order valence-corrected chi connectivity index (χ4v) is 2.81. The van der Waals surface area contributed by atoms with Crippen LogP contribution in [0.3, 0.4) is 0 Å². The highest BCUT2D eigenvalue weighted by Gasteiger charge is 2.27. The first-order valence-electron chi connectivity index (χ1n) is 6.27. The number of likely N-dealkylation sites (tertiary alicyclic amines) is 1. The molecule has 4 heteroatoms. The molecule has 1 aliphatic heterocycles. The molecular weight excluding hydrogens is 214 g/mol. The molecule has 2 atom stereocenters. The molecule has 2 heterocycles. The van der Waals surface area contributed by atoms with E-state index in [1.807, 2.05) is 25.1 Å². The molecule has 0 saturated carbocycles. The van der Waals surface area contributed by atoms with Crippen molar-refractivity contribution in [1.29, 1.82) is 0 Å². The van der Waals surface area contributed by atoms with E-state index in [9.17, 15) is 4.79 Å². The van der Waals surface area contributed by atoms with Gasteiger partial charge in [0.25, 0.3) is 5.91 Å². The Morgan fingerprint density at radius 2 is 1.94 bits per heavy atom. The Hall–Kier alpha value is -1.32. The summed E-state index contributed by atoms with van der Waals surface area (Å²) >= 11 is 0. The van der Waals surface area contributed by atoms with Crippen molar-refractivity contribution in [3.8, 4) is 0 Å². The van der Waals surface area contributed by atoms with Gasteiger partial charge in [-0.15, -0.1) is 0 Å². The summed E-state index contributed by atoms with van der Waals surface area (Å²) in [6.07, 6.45) is 3.04. The Kier molecular flexibility index (Phi) is 3.22. The predicted octanol–water partition coefficient (Wildman–Crippen LogP) is 1.85. The maximum atomic E-state index is 12.4. The average molecular weight is 235 g/mol. The lowest BCUT2D eigenvalue weighted by Gasteiger charge is -2.34. The summed E-state index contributed by atoms with van der Waals surface area (Å²) in [6.45, 7) is 8.07. The Labute approximate surface area is 103 Å². The highest BCUT2D eigenvalue weighted by Crippen LogP contribution is 2.23. The fourth-order valence-electron chi connectivity index (χ4n) is 2.81. The third kappa shape index (κ3) is 2.51. The molecule has 17 heavy (non-hydrogen) atoms. The van der Waals surface area contributed by atoms with Crippen molar-refractivity contribution in [3.05, 3.63) is 17.5 Å². The lowest BCUT2D eigenvalue weighted by atomic mass is 9.91. The molecule has 1 aromatic heterocycles. The number of aromatic nitrogens is 2. The number of carbonyl (C=O) groups is 1. The lowest BCUT2D eigenvalue weighted by molar-refractivity contribution is 0.0622. The summed E-state index contributed by atoms with van der Waals surface area (Å²) in [6, 6.07) is 0. The maximum Gasteiger partial charge on any atom is 0.257 e. The standard InChI is InChI=1S/C13H21N3O/c1-9-5-10(2)7-16(6-9)13(17)12-8-15(4)14-11(12)3/h8-10H,5-7H2,1-4H3. The summed E-state index contributed by atoms with van der Waals surface area (Å²) in [5, 5.41) is 4.23. The van der Waals surface area contributed by atoms with Crippen molar-refractivity contribution < 1.29 is 4.79 Å². The minimum atomic E-state index is 0.133.